The summed E-state index contributed by atoms with van der Waals surface area (Å²) in [6.07, 6.45) is 3.65. The van der Waals surface area contributed by atoms with E-state index in [1.54, 1.807) is 6.20 Å². The molecule has 0 saturated carbocycles. The van der Waals surface area contributed by atoms with Gasteiger partial charge in [-0.15, -0.1) is 0 Å². The number of hydrogen-bond donors (Lipinski definition) is 3. The second-order valence-electron chi connectivity index (χ2n) is 7.05. The molecule has 0 saturated heterocycles. The Morgan fingerprint density at radius 2 is 1.55 bits per heavy atom. The number of carbonyl (C=O) groups is 2. The van der Waals surface area contributed by atoms with Gasteiger partial charge in [0.15, 0.2) is 0 Å². The van der Waals surface area contributed by atoms with Crippen LogP contribution in [0.3, 0.4) is 0 Å². The van der Waals surface area contributed by atoms with Crippen molar-refractivity contribution in [3.8, 4) is 0 Å². The van der Waals surface area contributed by atoms with Crippen LogP contribution in [0.25, 0.3) is 0 Å². The predicted molar refractivity (Wildman–Crippen MR) is 114 cm³/mol. The summed E-state index contributed by atoms with van der Waals surface area (Å²) < 4.78 is 1.84. The van der Waals surface area contributed by atoms with Gasteiger partial charge in [-0.3, -0.25) is 9.48 Å². The zero-order valence-corrected chi connectivity index (χ0v) is 16.6. The lowest BCUT2D eigenvalue weighted by atomic mass is 10.1. The molecule has 1 aromatic heterocycles. The van der Waals surface area contributed by atoms with E-state index in [9.17, 15) is 9.59 Å². The quantitative estimate of drug-likeness (QED) is 0.572. The molecule has 0 spiro atoms. The molecule has 0 unspecified atom stereocenters. The number of hydrogen-bond acceptors (Lipinski definition) is 3. The smallest absolute Gasteiger partial charge is 0.319 e. The first kappa shape index (κ1) is 20.1. The van der Waals surface area contributed by atoms with Crippen LogP contribution in [0.5, 0.6) is 0 Å². The van der Waals surface area contributed by atoms with Crippen LogP contribution in [0.1, 0.15) is 25.0 Å². The van der Waals surface area contributed by atoms with E-state index in [1.165, 1.54) is 0 Å². The van der Waals surface area contributed by atoms with E-state index in [2.05, 4.69) is 21.0 Å². The van der Waals surface area contributed by atoms with Crippen LogP contribution < -0.4 is 16.0 Å². The van der Waals surface area contributed by atoms with Gasteiger partial charge >= 0.3 is 6.03 Å². The minimum absolute atomic E-state index is 0.0223. The number of benzene rings is 2. The van der Waals surface area contributed by atoms with E-state index in [4.69, 9.17) is 0 Å². The van der Waals surface area contributed by atoms with Crippen molar-refractivity contribution < 1.29 is 9.59 Å². The van der Waals surface area contributed by atoms with E-state index < -0.39 is 0 Å². The fourth-order valence-electron chi connectivity index (χ4n) is 2.62. The molecule has 0 aliphatic heterocycles. The second kappa shape index (κ2) is 9.54. The van der Waals surface area contributed by atoms with Crippen LogP contribution >= 0.6 is 0 Å². The molecule has 7 nitrogen and oxygen atoms in total. The third-order valence-corrected chi connectivity index (χ3v) is 4.31. The van der Waals surface area contributed by atoms with Crippen LogP contribution in [0.15, 0.2) is 67.0 Å². The summed E-state index contributed by atoms with van der Waals surface area (Å²) in [5.74, 6) is -0.0921. The van der Waals surface area contributed by atoms with Gasteiger partial charge in [0.2, 0.25) is 5.91 Å². The largest absolute Gasteiger partial charge is 0.334 e. The molecule has 3 N–H and O–H groups in total. The molecule has 3 rings (SSSR count). The molecule has 3 aromatic rings. The van der Waals surface area contributed by atoms with Gasteiger partial charge < -0.3 is 16.0 Å². The van der Waals surface area contributed by atoms with Gasteiger partial charge in [0.1, 0.15) is 0 Å². The van der Waals surface area contributed by atoms with Crippen LogP contribution in [-0.4, -0.2) is 21.7 Å². The molecule has 0 radical (unpaired) electrons. The van der Waals surface area contributed by atoms with Crippen molar-refractivity contribution in [3.05, 3.63) is 78.1 Å². The van der Waals surface area contributed by atoms with E-state index in [1.807, 2.05) is 79.3 Å². The Bertz CT molecular complexity index is 932. The lowest BCUT2D eigenvalue weighted by Gasteiger charge is -2.10. The van der Waals surface area contributed by atoms with E-state index in [0.717, 1.165) is 22.5 Å². The minimum Gasteiger partial charge on any atom is -0.334 e. The maximum atomic E-state index is 12.1. The number of anilines is 2. The Labute approximate surface area is 170 Å². The number of amides is 3. The van der Waals surface area contributed by atoms with Crippen LogP contribution in [-0.2, 0) is 17.9 Å². The summed E-state index contributed by atoms with van der Waals surface area (Å²) in [6, 6.07) is 16.7. The van der Waals surface area contributed by atoms with E-state index in [0.29, 0.717) is 13.1 Å². The average molecular weight is 391 g/mol. The highest BCUT2D eigenvalue weighted by Crippen LogP contribution is 2.12. The molecule has 1 heterocycles. The minimum atomic E-state index is -0.276. The molecule has 0 atom stereocenters. The lowest BCUT2D eigenvalue weighted by molar-refractivity contribution is -0.118. The monoisotopic (exact) mass is 391 g/mol. The Kier molecular flexibility index (Phi) is 6.63. The first-order valence-electron chi connectivity index (χ1n) is 9.50. The second-order valence-corrected chi connectivity index (χ2v) is 7.05. The van der Waals surface area contributed by atoms with Crippen LogP contribution in [0.4, 0.5) is 16.2 Å². The summed E-state index contributed by atoms with van der Waals surface area (Å²) in [7, 11) is 0. The maximum Gasteiger partial charge on any atom is 0.319 e. The number of rotatable bonds is 7. The van der Waals surface area contributed by atoms with Crippen molar-refractivity contribution in [2.75, 3.05) is 10.6 Å². The van der Waals surface area contributed by atoms with E-state index >= 15 is 0 Å². The van der Waals surface area contributed by atoms with Gasteiger partial charge in [0, 0.05) is 36.2 Å². The number of carbonyl (C=O) groups excluding carboxylic acids is 2. The summed E-state index contributed by atoms with van der Waals surface area (Å²) in [5.41, 5.74) is 3.51. The molecule has 0 aliphatic rings. The molecular formula is C22H25N5O2. The van der Waals surface area contributed by atoms with Crippen molar-refractivity contribution in [2.24, 2.45) is 5.92 Å². The molecular weight excluding hydrogens is 366 g/mol. The Morgan fingerprint density at radius 1 is 0.931 bits per heavy atom. The standard InChI is InChI=1S/C22H25N5O2/c1-16(2)21(28)25-19-8-4-17(5-9-19)14-23-22(29)26-20-10-6-18(7-11-20)15-27-13-3-12-24-27/h3-13,16H,14-15H2,1-2H3,(H,25,28)(H2,23,26,29). The SMILES string of the molecule is CC(C)C(=O)Nc1ccc(CNC(=O)Nc2ccc(Cn3cccn3)cc2)cc1. The van der Waals surface area contributed by atoms with Gasteiger partial charge in [-0.2, -0.15) is 5.10 Å². The molecule has 150 valence electrons. The van der Waals surface area contributed by atoms with Crippen molar-refractivity contribution in [1.82, 2.24) is 15.1 Å². The molecule has 3 amide bonds. The highest BCUT2D eigenvalue weighted by atomic mass is 16.2. The Hall–Kier alpha value is -3.61. The third kappa shape index (κ3) is 6.21. The third-order valence-electron chi connectivity index (χ3n) is 4.31. The van der Waals surface area contributed by atoms with Gasteiger partial charge in [0.05, 0.1) is 6.54 Å². The fourth-order valence-corrected chi connectivity index (χ4v) is 2.62. The first-order valence-corrected chi connectivity index (χ1v) is 9.50. The molecule has 7 heteroatoms. The first-order chi connectivity index (χ1) is 14.0. The number of nitrogens with zero attached hydrogens (tertiary/aromatic N) is 2. The zero-order chi connectivity index (χ0) is 20.6. The lowest BCUT2D eigenvalue weighted by Crippen LogP contribution is -2.28. The predicted octanol–water partition coefficient (Wildman–Crippen LogP) is 3.85. The summed E-state index contributed by atoms with van der Waals surface area (Å²) in [4.78, 5) is 23.8. The normalized spacial score (nSPS) is 10.6. The van der Waals surface area contributed by atoms with Crippen LogP contribution in [0, 0.1) is 5.92 Å². The zero-order valence-electron chi connectivity index (χ0n) is 16.6. The molecule has 0 aliphatic carbocycles. The molecule has 2 aromatic carbocycles. The average Bonchev–Trinajstić information content (AvgIpc) is 3.22. The Morgan fingerprint density at radius 3 is 2.14 bits per heavy atom. The summed E-state index contributed by atoms with van der Waals surface area (Å²) >= 11 is 0. The molecule has 0 fully saturated rings. The van der Waals surface area contributed by atoms with Crippen molar-refractivity contribution in [2.45, 2.75) is 26.9 Å². The topological polar surface area (TPSA) is 88.0 Å². The fraction of sp³-hybridized carbons (Fsp3) is 0.227. The number of aromatic nitrogens is 2. The van der Waals surface area contributed by atoms with Gasteiger partial charge in [-0.1, -0.05) is 38.1 Å². The summed E-state index contributed by atoms with van der Waals surface area (Å²) in [6.45, 7) is 4.77. The highest BCUT2D eigenvalue weighted by molar-refractivity contribution is 5.92. The molecule has 0 bridgehead atoms. The highest BCUT2D eigenvalue weighted by Gasteiger charge is 2.07. The van der Waals surface area contributed by atoms with E-state index in [-0.39, 0.29) is 17.9 Å². The van der Waals surface area contributed by atoms with Gasteiger partial charge in [0.25, 0.3) is 0 Å². The Balaban J connectivity index is 1.45. The number of nitrogens with one attached hydrogen (secondary N) is 3. The summed E-state index contributed by atoms with van der Waals surface area (Å²) in [5, 5.41) is 12.7. The van der Waals surface area contributed by atoms with Crippen LogP contribution in [0.2, 0.25) is 0 Å². The van der Waals surface area contributed by atoms with Crippen molar-refractivity contribution >= 4 is 23.3 Å². The number of urea groups is 1. The van der Waals surface area contributed by atoms with Crippen molar-refractivity contribution in [3.63, 3.8) is 0 Å². The maximum absolute atomic E-state index is 12.1. The molecule has 29 heavy (non-hydrogen) atoms. The van der Waals surface area contributed by atoms with Crippen molar-refractivity contribution in [1.29, 1.82) is 0 Å². The van der Waals surface area contributed by atoms with Gasteiger partial charge in [-0.05, 0) is 41.5 Å². The van der Waals surface area contributed by atoms with Gasteiger partial charge in [-0.25, -0.2) is 4.79 Å².